The Hall–Kier alpha value is -1.54. The summed E-state index contributed by atoms with van der Waals surface area (Å²) < 4.78 is 5.25. The number of hydrogen-bond acceptors (Lipinski definition) is 15. The van der Waals surface area contributed by atoms with Crippen LogP contribution in [0.3, 0.4) is 0 Å². The molecule has 16 fully saturated rings. The monoisotopic (exact) mass is 1580 g/mol. The van der Waals surface area contributed by atoms with Crippen LogP contribution in [0.4, 0.5) is 0 Å². The number of esters is 1. The lowest BCUT2D eigenvalue weighted by atomic mass is 9.87. The van der Waals surface area contributed by atoms with E-state index < -0.39 is 0 Å². The summed E-state index contributed by atoms with van der Waals surface area (Å²) in [6.45, 7) is 94.9. The van der Waals surface area contributed by atoms with E-state index in [4.69, 9.17) is 4.74 Å². The highest BCUT2D eigenvalue weighted by Gasteiger charge is 2.48. The van der Waals surface area contributed by atoms with Crippen molar-refractivity contribution in [2.24, 2.45) is 120 Å². The molecule has 0 aromatic rings. The summed E-state index contributed by atoms with van der Waals surface area (Å²) in [5, 5.41) is 0. The number of amides is 1. The fraction of sp³-hybridized carbons (Fsp3) is 0.979. The minimum atomic E-state index is -0.00425. The second-order valence-electron chi connectivity index (χ2n) is 50.9. The van der Waals surface area contributed by atoms with Crippen molar-refractivity contribution in [1.29, 1.82) is 0 Å². The van der Waals surface area contributed by atoms with E-state index in [2.05, 4.69) is 265 Å². The topological polar surface area (TPSA) is 85.5 Å². The number of ether oxygens (including phenoxy) is 1. The van der Waals surface area contributed by atoms with Crippen LogP contribution in [0.5, 0.6) is 0 Å². The number of rotatable bonds is 8. The molecule has 16 nitrogen and oxygen atoms in total. The molecule has 16 heteroatoms. The molecule has 2 aliphatic carbocycles. The SMILES string of the molecule is CC(C)(C)CN1CC2CC(=O)OC2C1.CC(C)(C)CN1CC2CCCC2C1.CC(C)(C)CN1CC2CCCC2C1=O.CN1CC2CCN(CC(C)(C)C)C2C1.CN1CC2CCN(CC(C)(C)C)CC2C1.CN1CC2CN(CC(C)(C)C)CC2C1.CN1CCC2CN(CC(C)(C)C)CC21.CN1CCC2CN(CC(C)(C)C)CC2C1. The van der Waals surface area contributed by atoms with Crippen LogP contribution in [-0.2, 0) is 14.3 Å². The van der Waals surface area contributed by atoms with Gasteiger partial charge in [-0.1, -0.05) is 179 Å². The predicted molar refractivity (Wildman–Crippen MR) is 479 cm³/mol. The van der Waals surface area contributed by atoms with Gasteiger partial charge >= 0.3 is 5.97 Å². The molecule has 0 radical (unpaired) electrons. The first-order valence-corrected chi connectivity index (χ1v) is 47.2. The van der Waals surface area contributed by atoms with E-state index in [1.165, 1.54) is 228 Å². The highest BCUT2D eigenvalue weighted by atomic mass is 16.6. The van der Waals surface area contributed by atoms with Crippen LogP contribution in [0.15, 0.2) is 0 Å². The van der Waals surface area contributed by atoms with Crippen molar-refractivity contribution in [3.63, 3.8) is 0 Å². The predicted octanol–water partition coefficient (Wildman–Crippen LogP) is 15.0. The summed E-state index contributed by atoms with van der Waals surface area (Å²) >= 11 is 0. The maximum atomic E-state index is 12.0. The second kappa shape index (κ2) is 39.8. The summed E-state index contributed by atoms with van der Waals surface area (Å²) in [5.41, 5.74) is 3.35. The zero-order valence-corrected chi connectivity index (χ0v) is 80.0. The Morgan fingerprint density at radius 2 is 0.611 bits per heavy atom. The molecule has 0 aromatic heterocycles. The van der Waals surface area contributed by atoms with E-state index in [0.717, 1.165) is 110 Å². The van der Waals surface area contributed by atoms with Gasteiger partial charge in [-0.2, -0.15) is 0 Å². The maximum absolute atomic E-state index is 12.0. The summed E-state index contributed by atoms with van der Waals surface area (Å²) in [4.78, 5) is 56.2. The third-order valence-corrected chi connectivity index (χ3v) is 27.9. The average Bonchev–Trinajstić information content (AvgIpc) is 1.66. The lowest BCUT2D eigenvalue weighted by Gasteiger charge is -2.37. The van der Waals surface area contributed by atoms with E-state index in [1.54, 1.807) is 0 Å². The Labute approximate surface area is 699 Å². The zero-order valence-electron chi connectivity index (χ0n) is 80.0. The van der Waals surface area contributed by atoms with Crippen molar-refractivity contribution >= 4 is 11.9 Å². The van der Waals surface area contributed by atoms with E-state index in [-0.39, 0.29) is 17.5 Å². The molecule has 14 saturated heterocycles. The second-order valence-corrected chi connectivity index (χ2v) is 50.9. The molecular formula is C97H187N13O3. The molecule has 0 aromatic carbocycles. The molecule has 16 rings (SSSR count). The van der Waals surface area contributed by atoms with Gasteiger partial charge in [-0.05, 0) is 221 Å². The zero-order chi connectivity index (χ0) is 83.3. The fourth-order valence-corrected chi connectivity index (χ4v) is 24.3. The molecule has 0 spiro atoms. The summed E-state index contributed by atoms with van der Waals surface area (Å²) in [6, 6.07) is 1.72. The molecule has 2 saturated carbocycles. The first kappa shape index (κ1) is 95.3. The van der Waals surface area contributed by atoms with Gasteiger partial charge < -0.3 is 58.6 Å². The number of piperidine rings is 2. The average molecular weight is 1580 g/mol. The van der Waals surface area contributed by atoms with Gasteiger partial charge in [0.1, 0.15) is 6.10 Å². The lowest BCUT2D eigenvalue weighted by molar-refractivity contribution is -0.141. The van der Waals surface area contributed by atoms with Crippen LogP contribution in [0.25, 0.3) is 0 Å². The molecule has 14 aliphatic heterocycles. The number of nitrogens with zero attached hydrogens (tertiary/aromatic N) is 13. The van der Waals surface area contributed by atoms with Gasteiger partial charge in [-0.25, -0.2) is 0 Å². The Kier molecular flexibility index (Phi) is 33.5. The highest BCUT2D eigenvalue weighted by Crippen LogP contribution is 2.43. The van der Waals surface area contributed by atoms with Crippen LogP contribution in [-0.4, -0.2) is 332 Å². The molecule has 0 N–H and O–H groups in total. The Morgan fingerprint density at radius 1 is 0.274 bits per heavy atom. The summed E-state index contributed by atoms with van der Waals surface area (Å²) in [7, 11) is 11.3. The summed E-state index contributed by atoms with van der Waals surface area (Å²) in [6.07, 6.45) is 14.7. The largest absolute Gasteiger partial charge is 0.461 e. The minimum absolute atomic E-state index is 0.00425. The van der Waals surface area contributed by atoms with Crippen molar-refractivity contribution in [3.05, 3.63) is 0 Å². The lowest BCUT2D eigenvalue weighted by Crippen LogP contribution is -2.43. The van der Waals surface area contributed by atoms with E-state index >= 15 is 0 Å². The number of carbonyl (C=O) groups excluding carboxylic acids is 2. The van der Waals surface area contributed by atoms with Crippen LogP contribution in [0.1, 0.15) is 237 Å². The van der Waals surface area contributed by atoms with Gasteiger partial charge in [0.25, 0.3) is 0 Å². The van der Waals surface area contributed by atoms with Gasteiger partial charge in [-0.3, -0.25) is 19.4 Å². The molecule has 16 aliphatic rings. The number of likely N-dealkylation sites (tertiary alicyclic amines) is 13. The normalized spacial score (nSPS) is 34.4. The number of hydrogen-bond donors (Lipinski definition) is 0. The third kappa shape index (κ3) is 31.7. The van der Waals surface area contributed by atoms with Crippen LogP contribution < -0.4 is 0 Å². The third-order valence-electron chi connectivity index (χ3n) is 27.9. The van der Waals surface area contributed by atoms with E-state index in [9.17, 15) is 9.59 Å². The standard InChI is InChI=1S/2C13H26N2.3C12H24N2.C12H21NO.C12H23N.C11H19NO2/c1-13(2,3)10-15-8-11-5-6-14(4)7-12(11)9-15;1-13(2,3)10-15-6-5-11-7-14(4)8-12(11)9-15;1-12(2,3)9-14-7-10-5-13(4)6-11(10)8-14;1-12(2,3)9-14-6-5-10-7-13(4)8-11(10)14;1-12(2,3)9-14-7-10-5-6-13(4)11(10)8-14;1-12(2,3)8-13-7-9-5-4-6-10(9)11(13)14;1-12(2,3)9-13-7-10-5-4-6-11(10)8-13;1-11(2,3)7-12-5-8-4-10(13)14-9(8)6-12/h2*11-12H,5-10H2,1-4H3;3*10-11H,5-9H2,1-4H3;9-10H,4-8H2,1-3H3;10-11H,4-9H2,1-3H3;8-9H,4-7H2,1-3H3. The summed E-state index contributed by atoms with van der Waals surface area (Å²) in [5.74, 6) is 11.8. The number of carbonyl (C=O) groups is 2. The van der Waals surface area contributed by atoms with Crippen molar-refractivity contribution in [2.75, 3.05) is 238 Å². The Bertz CT molecular complexity index is 2810. The molecule has 16 atom stereocenters. The molecular weight excluding hydrogens is 1400 g/mol. The molecule has 14 heterocycles. The molecule has 16 unspecified atom stereocenters. The fourth-order valence-electron chi connectivity index (χ4n) is 24.3. The van der Waals surface area contributed by atoms with Crippen molar-refractivity contribution < 1.29 is 14.3 Å². The Morgan fingerprint density at radius 3 is 1.09 bits per heavy atom. The minimum Gasteiger partial charge on any atom is -0.461 e. The maximum Gasteiger partial charge on any atom is 0.306 e. The molecule has 0 bridgehead atoms. The molecule has 658 valence electrons. The van der Waals surface area contributed by atoms with E-state index in [1.807, 2.05) is 0 Å². The van der Waals surface area contributed by atoms with Gasteiger partial charge in [0, 0.05) is 201 Å². The van der Waals surface area contributed by atoms with Crippen molar-refractivity contribution in [1.82, 2.24) is 63.7 Å². The Balaban J connectivity index is 0.000000148. The quantitative estimate of drug-likeness (QED) is 0.216. The number of likely N-dealkylation sites (N-methyl/N-ethyl adjacent to an activating group) is 2. The van der Waals surface area contributed by atoms with Crippen LogP contribution in [0, 0.1) is 120 Å². The van der Waals surface area contributed by atoms with Gasteiger partial charge in [0.05, 0.1) is 6.42 Å². The van der Waals surface area contributed by atoms with Gasteiger partial charge in [0.2, 0.25) is 5.91 Å². The van der Waals surface area contributed by atoms with Crippen LogP contribution in [0.2, 0.25) is 0 Å². The van der Waals surface area contributed by atoms with Crippen LogP contribution >= 0.6 is 0 Å². The first-order chi connectivity index (χ1) is 52.2. The van der Waals surface area contributed by atoms with Crippen molar-refractivity contribution in [2.45, 2.75) is 255 Å². The van der Waals surface area contributed by atoms with Gasteiger partial charge in [-0.15, -0.1) is 0 Å². The smallest absolute Gasteiger partial charge is 0.306 e. The number of fused-ring (bicyclic) bond motifs is 8. The molecule has 113 heavy (non-hydrogen) atoms. The molecule has 1 amide bonds. The van der Waals surface area contributed by atoms with E-state index in [0.29, 0.717) is 68.0 Å². The van der Waals surface area contributed by atoms with Gasteiger partial charge in [0.15, 0.2) is 0 Å². The highest BCUT2D eigenvalue weighted by molar-refractivity contribution is 5.81. The van der Waals surface area contributed by atoms with Crippen molar-refractivity contribution in [3.8, 4) is 0 Å². The first-order valence-electron chi connectivity index (χ1n) is 47.2.